The molecule has 0 aliphatic carbocycles. The van der Waals surface area contributed by atoms with E-state index in [9.17, 15) is 4.79 Å². The van der Waals surface area contributed by atoms with Crippen molar-refractivity contribution in [3.05, 3.63) is 71.7 Å². The second-order valence-electron chi connectivity index (χ2n) is 11.2. The van der Waals surface area contributed by atoms with E-state index < -0.39 is 11.7 Å². The van der Waals surface area contributed by atoms with Gasteiger partial charge in [-0.1, -0.05) is 0 Å². The topological polar surface area (TPSA) is 79.1 Å². The molecule has 4 heterocycles. The summed E-state index contributed by atoms with van der Waals surface area (Å²) in [5, 5.41) is 1.95. The second-order valence-corrected chi connectivity index (χ2v) is 11.2. The van der Waals surface area contributed by atoms with Gasteiger partial charge in [0.05, 0.1) is 23.2 Å². The van der Waals surface area contributed by atoms with Crippen molar-refractivity contribution in [2.45, 2.75) is 52.7 Å². The smallest absolute Gasteiger partial charge is 0.163 e. The molecule has 39 heavy (non-hydrogen) atoms. The van der Waals surface area contributed by atoms with E-state index >= 15 is 0 Å². The van der Waals surface area contributed by atoms with Crippen LogP contribution in [0.15, 0.2) is 55.0 Å². The number of benzene rings is 2. The van der Waals surface area contributed by atoms with Crippen molar-refractivity contribution in [2.24, 2.45) is 7.05 Å². The van der Waals surface area contributed by atoms with Crippen molar-refractivity contribution in [1.82, 2.24) is 19.5 Å². The summed E-state index contributed by atoms with van der Waals surface area (Å²) in [4.78, 5) is 27.6. The lowest BCUT2D eigenvalue weighted by molar-refractivity contribution is -0.138. The van der Waals surface area contributed by atoms with Gasteiger partial charge in [0.1, 0.15) is 17.5 Å². The van der Waals surface area contributed by atoms with Crippen LogP contribution < -0.4 is 4.74 Å². The average molecular weight is 521 g/mol. The number of ketones is 1. The van der Waals surface area contributed by atoms with E-state index in [1.165, 1.54) is 5.56 Å². The Kier molecular flexibility index (Phi) is 5.99. The fourth-order valence-electron chi connectivity index (χ4n) is 5.59. The zero-order valence-corrected chi connectivity index (χ0v) is 23.2. The Bertz CT molecular complexity index is 1750. The number of hydrogen-bond acceptors (Lipinski definition) is 6. The average Bonchev–Trinajstić information content (AvgIpc) is 3.32. The van der Waals surface area contributed by atoms with Crippen molar-refractivity contribution in [1.29, 1.82) is 0 Å². The molecule has 0 bridgehead atoms. The van der Waals surface area contributed by atoms with Gasteiger partial charge in [-0.2, -0.15) is 0 Å². The van der Waals surface area contributed by atoms with Gasteiger partial charge >= 0.3 is 0 Å². The van der Waals surface area contributed by atoms with E-state index in [0.29, 0.717) is 6.61 Å². The molecular formula is C32H32N4O3. The van der Waals surface area contributed by atoms with Crippen molar-refractivity contribution >= 4 is 27.6 Å². The molecule has 0 saturated carbocycles. The van der Waals surface area contributed by atoms with Gasteiger partial charge in [-0.05, 0) is 93.3 Å². The number of aromatic nitrogens is 4. The van der Waals surface area contributed by atoms with Crippen LogP contribution in [0.1, 0.15) is 50.5 Å². The normalized spacial score (nSPS) is 14.0. The highest BCUT2D eigenvalue weighted by molar-refractivity contribution is 6.08. The first-order chi connectivity index (χ1) is 18.6. The first-order valence-corrected chi connectivity index (χ1v) is 13.3. The zero-order valence-electron chi connectivity index (χ0n) is 23.2. The van der Waals surface area contributed by atoms with E-state index in [0.717, 1.165) is 67.7 Å². The maximum atomic E-state index is 13.2. The van der Waals surface area contributed by atoms with Crippen LogP contribution in [-0.2, 0) is 23.0 Å². The minimum Gasteiger partial charge on any atom is -0.493 e. The van der Waals surface area contributed by atoms with Gasteiger partial charge < -0.3 is 14.0 Å². The molecule has 0 radical (unpaired) electrons. The maximum Gasteiger partial charge on any atom is 0.163 e. The number of Topliss-reactive ketones (excluding diaryl/α,β-unsaturated/α-hetero) is 1. The molecule has 1 aliphatic heterocycles. The van der Waals surface area contributed by atoms with Crippen LogP contribution in [0.25, 0.3) is 44.5 Å². The number of ether oxygens (including phenoxy) is 2. The Morgan fingerprint density at radius 3 is 2.64 bits per heavy atom. The molecule has 0 spiro atoms. The molecule has 198 valence electrons. The van der Waals surface area contributed by atoms with Crippen LogP contribution >= 0.6 is 0 Å². The van der Waals surface area contributed by atoms with Crippen LogP contribution in [0, 0.1) is 6.92 Å². The molecule has 1 aliphatic rings. The molecule has 7 heteroatoms. The third kappa shape index (κ3) is 4.36. The van der Waals surface area contributed by atoms with Crippen LogP contribution in [0.4, 0.5) is 0 Å². The molecule has 0 fully saturated rings. The van der Waals surface area contributed by atoms with Crippen LogP contribution in [0.2, 0.25) is 0 Å². The second kappa shape index (κ2) is 9.27. The molecule has 0 saturated heterocycles. The standard InChI is InChI=1S/C32H32N4O3/c1-18-17-24-21(7-9-23(35-24)31-34-14-15-36(31)6)28(26(18)30(19(2)37)39-32(3,4)5)22-8-10-25-27-20(12-16-38-25)11-13-33-29(22)27/h7-11,13-15,17,30H,12,16H2,1-6H3/t30-/m1/s1. The Morgan fingerprint density at radius 2 is 1.92 bits per heavy atom. The van der Waals surface area contributed by atoms with Crippen molar-refractivity contribution < 1.29 is 14.3 Å². The molecule has 0 N–H and O–H groups in total. The van der Waals surface area contributed by atoms with E-state index in [4.69, 9.17) is 19.4 Å². The summed E-state index contributed by atoms with van der Waals surface area (Å²) >= 11 is 0. The van der Waals surface area contributed by atoms with Gasteiger partial charge in [-0.3, -0.25) is 9.78 Å². The summed E-state index contributed by atoms with van der Waals surface area (Å²) < 4.78 is 14.4. The van der Waals surface area contributed by atoms with Crippen molar-refractivity contribution in [3.63, 3.8) is 0 Å². The lowest BCUT2D eigenvalue weighted by Gasteiger charge is -2.30. The number of carbonyl (C=O) groups excluding carboxylic acids is 1. The number of rotatable bonds is 5. The van der Waals surface area contributed by atoms with Gasteiger partial charge in [0.2, 0.25) is 0 Å². The third-order valence-electron chi connectivity index (χ3n) is 7.23. The quantitative estimate of drug-likeness (QED) is 0.262. The molecule has 5 aromatic rings. The number of carbonyl (C=O) groups is 1. The number of hydrogen-bond donors (Lipinski definition) is 0. The Balaban J connectivity index is 1.71. The molecular weight excluding hydrogens is 488 g/mol. The van der Waals surface area contributed by atoms with E-state index in [1.807, 2.05) is 69.9 Å². The first-order valence-electron chi connectivity index (χ1n) is 13.3. The minimum atomic E-state index is -0.749. The lowest BCUT2D eigenvalue weighted by atomic mass is 9.85. The zero-order chi connectivity index (χ0) is 27.5. The third-order valence-corrected chi connectivity index (χ3v) is 7.23. The summed E-state index contributed by atoms with van der Waals surface area (Å²) in [7, 11) is 1.96. The number of imidazole rings is 1. The molecule has 2 aromatic carbocycles. The van der Waals surface area contributed by atoms with Crippen molar-refractivity contribution in [2.75, 3.05) is 6.61 Å². The SMILES string of the molecule is CC(=O)[C@@H](OC(C)(C)C)c1c(C)cc2nc(-c3nccn3C)ccc2c1-c1ccc2c3c(ccnc13)CCO2. The summed E-state index contributed by atoms with van der Waals surface area (Å²) in [6.45, 7) is 10.2. The molecule has 6 rings (SSSR count). The highest BCUT2D eigenvalue weighted by atomic mass is 16.5. The van der Waals surface area contributed by atoms with E-state index in [2.05, 4.69) is 23.2 Å². The van der Waals surface area contributed by atoms with Gasteiger partial charge in [0, 0.05) is 48.4 Å². The van der Waals surface area contributed by atoms with Crippen LogP contribution in [-0.4, -0.2) is 37.5 Å². The fourth-order valence-corrected chi connectivity index (χ4v) is 5.59. The molecule has 1 atom stereocenters. The highest BCUT2D eigenvalue weighted by Gasteiger charge is 2.31. The number of fused-ring (bicyclic) bond motifs is 1. The molecule has 7 nitrogen and oxygen atoms in total. The highest BCUT2D eigenvalue weighted by Crippen LogP contribution is 2.45. The van der Waals surface area contributed by atoms with Gasteiger partial charge in [0.25, 0.3) is 0 Å². The summed E-state index contributed by atoms with van der Waals surface area (Å²) in [5.74, 6) is 1.58. The molecule has 0 amide bonds. The predicted molar refractivity (Wildman–Crippen MR) is 153 cm³/mol. The lowest BCUT2D eigenvalue weighted by Crippen LogP contribution is -2.27. The molecule has 3 aromatic heterocycles. The van der Waals surface area contributed by atoms with Crippen molar-refractivity contribution in [3.8, 4) is 28.4 Å². The summed E-state index contributed by atoms with van der Waals surface area (Å²) in [6, 6.07) is 12.2. The van der Waals surface area contributed by atoms with Gasteiger partial charge in [-0.15, -0.1) is 0 Å². The van der Waals surface area contributed by atoms with Crippen LogP contribution in [0.5, 0.6) is 5.75 Å². The molecule has 0 unspecified atom stereocenters. The van der Waals surface area contributed by atoms with E-state index in [1.54, 1.807) is 13.1 Å². The number of aryl methyl sites for hydroxylation is 2. The number of pyridine rings is 2. The van der Waals surface area contributed by atoms with Gasteiger partial charge in [0.15, 0.2) is 11.6 Å². The Morgan fingerprint density at radius 1 is 1.10 bits per heavy atom. The first kappa shape index (κ1) is 25.2. The summed E-state index contributed by atoms with van der Waals surface area (Å²) in [6.07, 6.45) is 5.62. The van der Waals surface area contributed by atoms with E-state index in [-0.39, 0.29) is 5.78 Å². The van der Waals surface area contributed by atoms with Gasteiger partial charge in [-0.25, -0.2) is 9.97 Å². The Labute approximate surface area is 227 Å². The largest absolute Gasteiger partial charge is 0.493 e. The fraction of sp³-hybridized carbons (Fsp3) is 0.312. The maximum absolute atomic E-state index is 13.2. The van der Waals surface area contributed by atoms with Crippen LogP contribution in [0.3, 0.4) is 0 Å². The Hall–Kier alpha value is -4.10. The minimum absolute atomic E-state index is 0.0507. The summed E-state index contributed by atoms with van der Waals surface area (Å²) in [5.41, 5.74) is 6.76. The predicted octanol–water partition coefficient (Wildman–Crippen LogP) is 6.54. The number of nitrogens with zero attached hydrogens (tertiary/aromatic N) is 4. The monoisotopic (exact) mass is 520 g/mol.